The lowest BCUT2D eigenvalue weighted by Crippen LogP contribution is -2.29. The van der Waals surface area contributed by atoms with E-state index >= 15 is 0 Å². The molecule has 0 aliphatic heterocycles. The monoisotopic (exact) mass is 363 g/mol. The predicted molar refractivity (Wildman–Crippen MR) is 89.8 cm³/mol. The lowest BCUT2D eigenvalue weighted by atomic mass is 10.1. The third-order valence-corrected chi connectivity index (χ3v) is 3.22. The Labute approximate surface area is 148 Å². The molecule has 7 heteroatoms. The van der Waals surface area contributed by atoms with Crippen LogP contribution in [0.5, 0.6) is 11.5 Å². The average Bonchev–Trinajstić information content (AvgIpc) is 2.63. The van der Waals surface area contributed by atoms with E-state index in [0.29, 0.717) is 11.5 Å². The molecule has 0 aromatic heterocycles. The van der Waals surface area contributed by atoms with E-state index in [9.17, 15) is 18.0 Å². The first-order valence-electron chi connectivity index (χ1n) is 7.59. The SMILES string of the molecule is COc1ccccc1OCC(=O)NCC#Cc1cccc(C(F)(F)F)c1. The van der Waals surface area contributed by atoms with Gasteiger partial charge in [0.25, 0.3) is 5.91 Å². The minimum absolute atomic E-state index is 0.00956. The van der Waals surface area contributed by atoms with Crippen LogP contribution in [-0.2, 0) is 11.0 Å². The zero-order valence-electron chi connectivity index (χ0n) is 13.9. The van der Waals surface area contributed by atoms with E-state index in [1.807, 2.05) is 0 Å². The first-order chi connectivity index (χ1) is 12.4. The summed E-state index contributed by atoms with van der Waals surface area (Å²) in [4.78, 5) is 11.7. The summed E-state index contributed by atoms with van der Waals surface area (Å²) < 4.78 is 48.3. The number of hydrogen-bond donors (Lipinski definition) is 1. The Balaban J connectivity index is 1.83. The minimum Gasteiger partial charge on any atom is -0.493 e. The lowest BCUT2D eigenvalue weighted by Gasteiger charge is -2.09. The van der Waals surface area contributed by atoms with Gasteiger partial charge in [-0.1, -0.05) is 30.0 Å². The van der Waals surface area contributed by atoms with E-state index in [1.165, 1.54) is 19.2 Å². The van der Waals surface area contributed by atoms with Gasteiger partial charge in [0.1, 0.15) is 0 Å². The summed E-state index contributed by atoms with van der Waals surface area (Å²) >= 11 is 0. The van der Waals surface area contributed by atoms with Gasteiger partial charge in [-0.15, -0.1) is 0 Å². The van der Waals surface area contributed by atoms with E-state index < -0.39 is 17.6 Å². The molecule has 26 heavy (non-hydrogen) atoms. The highest BCUT2D eigenvalue weighted by atomic mass is 19.4. The molecule has 2 aromatic rings. The van der Waals surface area contributed by atoms with Crippen LogP contribution < -0.4 is 14.8 Å². The largest absolute Gasteiger partial charge is 0.493 e. The molecule has 0 saturated carbocycles. The fraction of sp³-hybridized carbons (Fsp3) is 0.211. The van der Waals surface area contributed by atoms with Crippen molar-refractivity contribution in [3.05, 3.63) is 59.7 Å². The number of rotatable bonds is 5. The van der Waals surface area contributed by atoms with E-state index in [4.69, 9.17) is 9.47 Å². The molecule has 0 spiro atoms. The van der Waals surface area contributed by atoms with Crippen LogP contribution in [0.1, 0.15) is 11.1 Å². The fourth-order valence-corrected chi connectivity index (χ4v) is 1.99. The summed E-state index contributed by atoms with van der Waals surface area (Å²) in [5, 5.41) is 2.50. The number of amides is 1. The molecule has 1 amide bonds. The molecule has 136 valence electrons. The number of para-hydroxylation sites is 2. The van der Waals surface area contributed by atoms with Crippen LogP contribution in [0.4, 0.5) is 13.2 Å². The van der Waals surface area contributed by atoms with Crippen molar-refractivity contribution in [2.75, 3.05) is 20.3 Å². The second-order valence-electron chi connectivity index (χ2n) is 5.10. The maximum atomic E-state index is 12.6. The van der Waals surface area contributed by atoms with Crippen molar-refractivity contribution in [2.45, 2.75) is 6.18 Å². The molecular formula is C19H16F3NO3. The predicted octanol–water partition coefficient (Wildman–Crippen LogP) is 3.26. The number of halogens is 3. The molecule has 0 aliphatic carbocycles. The number of alkyl halides is 3. The Bertz CT molecular complexity index is 823. The van der Waals surface area contributed by atoms with Gasteiger partial charge in [-0.2, -0.15) is 13.2 Å². The average molecular weight is 363 g/mol. The zero-order chi connectivity index (χ0) is 19.0. The van der Waals surface area contributed by atoms with Crippen LogP contribution in [0.15, 0.2) is 48.5 Å². The van der Waals surface area contributed by atoms with E-state index in [2.05, 4.69) is 17.2 Å². The maximum Gasteiger partial charge on any atom is 0.416 e. The van der Waals surface area contributed by atoms with Crippen molar-refractivity contribution in [3.8, 4) is 23.3 Å². The molecule has 0 fully saturated rings. The van der Waals surface area contributed by atoms with Crippen molar-refractivity contribution in [2.24, 2.45) is 0 Å². The normalized spacial score (nSPS) is 10.5. The van der Waals surface area contributed by atoms with Crippen LogP contribution in [0.3, 0.4) is 0 Å². The Morgan fingerprint density at radius 3 is 2.54 bits per heavy atom. The highest BCUT2D eigenvalue weighted by Gasteiger charge is 2.30. The minimum atomic E-state index is -4.41. The smallest absolute Gasteiger partial charge is 0.416 e. The molecule has 2 aromatic carbocycles. The molecule has 0 heterocycles. The van der Waals surface area contributed by atoms with Gasteiger partial charge < -0.3 is 14.8 Å². The number of nitrogens with one attached hydrogen (secondary N) is 1. The van der Waals surface area contributed by atoms with Gasteiger partial charge in [0, 0.05) is 5.56 Å². The molecule has 0 unspecified atom stereocenters. The van der Waals surface area contributed by atoms with Crippen molar-refractivity contribution in [1.82, 2.24) is 5.32 Å². The molecular weight excluding hydrogens is 347 g/mol. The Kier molecular flexibility index (Phi) is 6.50. The zero-order valence-corrected chi connectivity index (χ0v) is 13.9. The molecule has 1 N–H and O–H groups in total. The van der Waals surface area contributed by atoms with Gasteiger partial charge in [-0.3, -0.25) is 4.79 Å². The van der Waals surface area contributed by atoms with Crippen LogP contribution in [0.25, 0.3) is 0 Å². The summed E-state index contributed by atoms with van der Waals surface area (Å²) in [6.45, 7) is -0.240. The van der Waals surface area contributed by atoms with Gasteiger partial charge in [-0.25, -0.2) is 0 Å². The Morgan fingerprint density at radius 1 is 1.12 bits per heavy atom. The quantitative estimate of drug-likeness (QED) is 0.830. The third kappa shape index (κ3) is 5.74. The van der Waals surface area contributed by atoms with Gasteiger partial charge in [0.2, 0.25) is 0 Å². The number of hydrogen-bond acceptors (Lipinski definition) is 3. The van der Waals surface area contributed by atoms with Crippen molar-refractivity contribution < 1.29 is 27.4 Å². The van der Waals surface area contributed by atoms with Crippen molar-refractivity contribution in [3.63, 3.8) is 0 Å². The molecule has 0 radical (unpaired) electrons. The number of ether oxygens (including phenoxy) is 2. The topological polar surface area (TPSA) is 47.6 Å². The van der Waals surface area contributed by atoms with Gasteiger partial charge in [0.15, 0.2) is 18.1 Å². The molecule has 4 nitrogen and oxygen atoms in total. The summed E-state index contributed by atoms with van der Waals surface area (Å²) in [7, 11) is 1.49. The lowest BCUT2D eigenvalue weighted by molar-refractivity contribution is -0.137. The summed E-state index contributed by atoms with van der Waals surface area (Å²) in [5.41, 5.74) is -0.544. The highest BCUT2D eigenvalue weighted by molar-refractivity contribution is 5.77. The summed E-state index contributed by atoms with van der Waals surface area (Å²) in [5.74, 6) is 5.71. The van der Waals surface area contributed by atoms with Gasteiger partial charge in [0.05, 0.1) is 19.2 Å². The van der Waals surface area contributed by atoms with Gasteiger partial charge in [-0.05, 0) is 30.3 Å². The summed E-state index contributed by atoms with van der Waals surface area (Å²) in [6, 6.07) is 11.6. The second-order valence-corrected chi connectivity index (χ2v) is 5.10. The van der Waals surface area contributed by atoms with Crippen LogP contribution in [0, 0.1) is 11.8 Å². The van der Waals surface area contributed by atoms with E-state index in [-0.39, 0.29) is 18.7 Å². The van der Waals surface area contributed by atoms with Gasteiger partial charge >= 0.3 is 6.18 Å². The number of methoxy groups -OCH3 is 1. The first-order valence-corrected chi connectivity index (χ1v) is 7.59. The third-order valence-electron chi connectivity index (χ3n) is 3.22. The standard InChI is InChI=1S/C19H16F3NO3/c1-25-16-9-2-3-10-17(16)26-13-18(24)23-11-5-7-14-6-4-8-15(12-14)19(20,21)22/h2-4,6,8-10,12H,11,13H2,1H3,(H,23,24). The Hall–Kier alpha value is -3.14. The molecule has 0 atom stereocenters. The number of carbonyl (C=O) groups is 1. The molecule has 0 aliphatic rings. The number of carbonyl (C=O) groups excluding carboxylic acids is 1. The first kappa shape index (κ1) is 19.2. The Morgan fingerprint density at radius 2 is 1.85 bits per heavy atom. The van der Waals surface area contributed by atoms with Crippen LogP contribution >= 0.6 is 0 Å². The van der Waals surface area contributed by atoms with E-state index in [1.54, 1.807) is 24.3 Å². The maximum absolute atomic E-state index is 12.6. The van der Waals surface area contributed by atoms with Crippen LogP contribution in [0.2, 0.25) is 0 Å². The van der Waals surface area contributed by atoms with E-state index in [0.717, 1.165) is 12.1 Å². The fourth-order valence-electron chi connectivity index (χ4n) is 1.99. The molecule has 2 rings (SSSR count). The summed E-state index contributed by atoms with van der Waals surface area (Å²) in [6.07, 6.45) is -4.41. The molecule has 0 saturated heterocycles. The highest BCUT2D eigenvalue weighted by Crippen LogP contribution is 2.29. The second kappa shape index (κ2) is 8.81. The molecule has 0 bridgehead atoms. The number of benzene rings is 2. The van der Waals surface area contributed by atoms with Crippen LogP contribution in [-0.4, -0.2) is 26.2 Å². The van der Waals surface area contributed by atoms with Crippen molar-refractivity contribution in [1.29, 1.82) is 0 Å². The van der Waals surface area contributed by atoms with Crippen molar-refractivity contribution >= 4 is 5.91 Å².